The van der Waals surface area contributed by atoms with Crippen LogP contribution >= 0.6 is 0 Å². The summed E-state index contributed by atoms with van der Waals surface area (Å²) in [6.07, 6.45) is 1.05. The maximum Gasteiger partial charge on any atom is 0.227 e. The molecule has 160 valence electrons. The van der Waals surface area contributed by atoms with Crippen molar-refractivity contribution in [1.82, 2.24) is 4.90 Å². The minimum Gasteiger partial charge on any atom is -0.496 e. The highest BCUT2D eigenvalue weighted by atomic mass is 16.5. The highest BCUT2D eigenvalue weighted by Gasteiger charge is 2.33. The molecule has 0 saturated heterocycles. The van der Waals surface area contributed by atoms with Gasteiger partial charge in [-0.25, -0.2) is 0 Å². The van der Waals surface area contributed by atoms with E-state index in [2.05, 4.69) is 12.1 Å². The normalized spacial score (nSPS) is 15.2. The van der Waals surface area contributed by atoms with E-state index >= 15 is 0 Å². The second-order valence-electron chi connectivity index (χ2n) is 7.54. The highest BCUT2D eigenvalue weighted by molar-refractivity contribution is 5.81. The van der Waals surface area contributed by atoms with Crippen LogP contribution in [0.25, 0.3) is 0 Å². The average Bonchev–Trinajstić information content (AvgIpc) is 2.83. The third-order valence-corrected chi connectivity index (χ3v) is 5.84. The SMILES string of the molecule is COc1ccccc1CC(=O)N1CCc2cc(OC)c(OC)cc2C1c1ccccc1. The molecule has 1 heterocycles. The van der Waals surface area contributed by atoms with Crippen LogP contribution in [0.3, 0.4) is 0 Å². The van der Waals surface area contributed by atoms with Crippen LogP contribution in [0.1, 0.15) is 28.3 Å². The van der Waals surface area contributed by atoms with Gasteiger partial charge in [-0.1, -0.05) is 48.5 Å². The van der Waals surface area contributed by atoms with Gasteiger partial charge in [0.2, 0.25) is 5.91 Å². The Kier molecular flexibility index (Phi) is 6.12. The number of rotatable bonds is 6. The monoisotopic (exact) mass is 417 g/mol. The first-order valence-electron chi connectivity index (χ1n) is 10.4. The summed E-state index contributed by atoms with van der Waals surface area (Å²) >= 11 is 0. The summed E-state index contributed by atoms with van der Waals surface area (Å²) in [4.78, 5) is 15.5. The number of fused-ring (bicyclic) bond motifs is 1. The molecule has 3 aromatic rings. The lowest BCUT2D eigenvalue weighted by molar-refractivity contribution is -0.132. The summed E-state index contributed by atoms with van der Waals surface area (Å²) in [6, 6.07) is 21.7. The predicted molar refractivity (Wildman–Crippen MR) is 120 cm³/mol. The predicted octanol–water partition coefficient (Wildman–Crippen LogP) is 4.43. The van der Waals surface area contributed by atoms with E-state index in [4.69, 9.17) is 14.2 Å². The van der Waals surface area contributed by atoms with Crippen molar-refractivity contribution in [2.24, 2.45) is 0 Å². The molecule has 1 atom stereocenters. The summed E-state index contributed by atoms with van der Waals surface area (Å²) in [5.41, 5.74) is 4.21. The van der Waals surface area contributed by atoms with E-state index in [1.165, 1.54) is 5.56 Å². The summed E-state index contributed by atoms with van der Waals surface area (Å²) in [5.74, 6) is 2.18. The van der Waals surface area contributed by atoms with Crippen LogP contribution in [0.15, 0.2) is 66.7 Å². The van der Waals surface area contributed by atoms with Gasteiger partial charge in [-0.15, -0.1) is 0 Å². The van der Waals surface area contributed by atoms with Crippen LogP contribution in [-0.2, 0) is 17.6 Å². The largest absolute Gasteiger partial charge is 0.496 e. The maximum atomic E-state index is 13.5. The number of methoxy groups -OCH3 is 3. The number of ether oxygens (including phenoxy) is 3. The Morgan fingerprint density at radius 1 is 0.871 bits per heavy atom. The standard InChI is InChI=1S/C26H27NO4/c1-29-22-12-8-7-11-20(22)16-25(28)27-14-13-19-15-23(30-2)24(31-3)17-21(19)26(27)18-9-5-4-6-10-18/h4-12,15,17,26H,13-14,16H2,1-3H3. The second-order valence-corrected chi connectivity index (χ2v) is 7.54. The van der Waals surface area contributed by atoms with E-state index in [0.29, 0.717) is 18.0 Å². The summed E-state index contributed by atoms with van der Waals surface area (Å²) in [6.45, 7) is 0.635. The van der Waals surface area contributed by atoms with Gasteiger partial charge in [0, 0.05) is 12.1 Å². The van der Waals surface area contributed by atoms with Crippen LogP contribution in [0.2, 0.25) is 0 Å². The maximum absolute atomic E-state index is 13.5. The van der Waals surface area contributed by atoms with Crippen molar-refractivity contribution in [1.29, 1.82) is 0 Å². The molecule has 1 amide bonds. The topological polar surface area (TPSA) is 48.0 Å². The molecular formula is C26H27NO4. The third-order valence-electron chi connectivity index (χ3n) is 5.84. The van der Waals surface area contributed by atoms with Crippen molar-refractivity contribution in [2.45, 2.75) is 18.9 Å². The fourth-order valence-corrected chi connectivity index (χ4v) is 4.32. The zero-order valence-electron chi connectivity index (χ0n) is 18.1. The Hall–Kier alpha value is -3.47. The van der Waals surface area contributed by atoms with E-state index in [0.717, 1.165) is 28.9 Å². The minimum absolute atomic E-state index is 0.0683. The van der Waals surface area contributed by atoms with E-state index in [1.807, 2.05) is 59.5 Å². The van der Waals surface area contributed by atoms with Gasteiger partial charge in [0.15, 0.2) is 11.5 Å². The molecule has 1 unspecified atom stereocenters. The Bertz CT molecular complexity index is 1060. The number of hydrogen-bond donors (Lipinski definition) is 0. The van der Waals surface area contributed by atoms with Gasteiger partial charge in [0.1, 0.15) is 5.75 Å². The molecule has 1 aliphatic rings. The molecule has 4 rings (SSSR count). The number of benzene rings is 3. The molecule has 0 aliphatic carbocycles. The average molecular weight is 418 g/mol. The zero-order chi connectivity index (χ0) is 21.8. The molecule has 0 N–H and O–H groups in total. The van der Waals surface area contributed by atoms with E-state index < -0.39 is 0 Å². The highest BCUT2D eigenvalue weighted by Crippen LogP contribution is 2.41. The molecule has 0 spiro atoms. The number of carbonyl (C=O) groups excluding carboxylic acids is 1. The molecule has 0 radical (unpaired) electrons. The number of amides is 1. The van der Waals surface area contributed by atoms with E-state index in [1.54, 1.807) is 21.3 Å². The Labute approximate surface area is 183 Å². The molecule has 0 aromatic heterocycles. The molecule has 0 bridgehead atoms. The molecule has 0 fully saturated rings. The fourth-order valence-electron chi connectivity index (χ4n) is 4.32. The second kappa shape index (κ2) is 9.13. The van der Waals surface area contributed by atoms with E-state index in [-0.39, 0.29) is 18.4 Å². The molecule has 5 heteroatoms. The van der Waals surface area contributed by atoms with Crippen LogP contribution in [0.4, 0.5) is 0 Å². The van der Waals surface area contributed by atoms with Gasteiger partial charge < -0.3 is 19.1 Å². The van der Waals surface area contributed by atoms with Crippen molar-refractivity contribution < 1.29 is 19.0 Å². The first-order chi connectivity index (χ1) is 15.2. The van der Waals surface area contributed by atoms with Gasteiger partial charge in [0.25, 0.3) is 0 Å². The summed E-state index contributed by atoms with van der Waals surface area (Å²) < 4.78 is 16.5. The summed E-state index contributed by atoms with van der Waals surface area (Å²) in [7, 11) is 4.91. The lowest BCUT2D eigenvalue weighted by Gasteiger charge is -2.38. The van der Waals surface area contributed by atoms with Gasteiger partial charge >= 0.3 is 0 Å². The lowest BCUT2D eigenvalue weighted by Crippen LogP contribution is -2.41. The van der Waals surface area contributed by atoms with Crippen molar-refractivity contribution >= 4 is 5.91 Å². The fraction of sp³-hybridized carbons (Fsp3) is 0.269. The molecule has 0 saturated carbocycles. The van der Waals surface area contributed by atoms with Crippen LogP contribution in [-0.4, -0.2) is 38.7 Å². The Morgan fingerprint density at radius 3 is 2.23 bits per heavy atom. The van der Waals surface area contributed by atoms with Crippen LogP contribution in [0.5, 0.6) is 17.2 Å². The number of nitrogens with zero attached hydrogens (tertiary/aromatic N) is 1. The third kappa shape index (κ3) is 4.08. The van der Waals surface area contributed by atoms with E-state index in [9.17, 15) is 4.79 Å². The van der Waals surface area contributed by atoms with Crippen LogP contribution < -0.4 is 14.2 Å². The quantitative estimate of drug-likeness (QED) is 0.595. The van der Waals surface area contributed by atoms with Crippen molar-refractivity contribution in [3.8, 4) is 17.2 Å². The molecule has 3 aromatic carbocycles. The van der Waals surface area contributed by atoms with Gasteiger partial charge in [0.05, 0.1) is 33.8 Å². The molecule has 5 nitrogen and oxygen atoms in total. The van der Waals surface area contributed by atoms with Crippen LogP contribution in [0, 0.1) is 0 Å². The minimum atomic E-state index is -0.188. The van der Waals surface area contributed by atoms with Crippen molar-refractivity contribution in [2.75, 3.05) is 27.9 Å². The molecule has 1 aliphatic heterocycles. The van der Waals surface area contributed by atoms with Gasteiger partial charge in [-0.3, -0.25) is 4.79 Å². The Balaban J connectivity index is 1.75. The number of hydrogen-bond acceptors (Lipinski definition) is 4. The zero-order valence-corrected chi connectivity index (χ0v) is 18.1. The Morgan fingerprint density at radius 2 is 1.52 bits per heavy atom. The van der Waals surface area contributed by atoms with Crippen molar-refractivity contribution in [3.05, 3.63) is 89.0 Å². The molecular weight excluding hydrogens is 390 g/mol. The summed E-state index contributed by atoms with van der Waals surface area (Å²) in [5, 5.41) is 0. The van der Waals surface area contributed by atoms with Gasteiger partial charge in [-0.05, 0) is 41.3 Å². The number of carbonyl (C=O) groups is 1. The first-order valence-corrected chi connectivity index (χ1v) is 10.4. The molecule has 31 heavy (non-hydrogen) atoms. The smallest absolute Gasteiger partial charge is 0.227 e. The lowest BCUT2D eigenvalue weighted by atomic mass is 9.87. The first kappa shape index (κ1) is 20.8. The number of para-hydroxylation sites is 1. The van der Waals surface area contributed by atoms with Gasteiger partial charge in [-0.2, -0.15) is 0 Å². The van der Waals surface area contributed by atoms with Crippen molar-refractivity contribution in [3.63, 3.8) is 0 Å².